The third kappa shape index (κ3) is 4.42. The fourth-order valence-corrected chi connectivity index (χ4v) is 2.74. The van der Waals surface area contributed by atoms with Gasteiger partial charge in [0.2, 0.25) is 0 Å². The van der Waals surface area contributed by atoms with E-state index in [1.165, 1.54) is 38.6 Å². The summed E-state index contributed by atoms with van der Waals surface area (Å²) in [5.74, 6) is 0. The van der Waals surface area contributed by atoms with Crippen LogP contribution in [0.15, 0.2) is 0 Å². The molecule has 0 aliphatic carbocycles. The number of likely N-dealkylation sites (tertiary alicyclic amines) is 1. The van der Waals surface area contributed by atoms with E-state index in [-0.39, 0.29) is 0 Å². The van der Waals surface area contributed by atoms with E-state index in [9.17, 15) is 0 Å². The first-order valence-corrected chi connectivity index (χ1v) is 7.14. The summed E-state index contributed by atoms with van der Waals surface area (Å²) in [6.45, 7) is 11.6. The Morgan fingerprint density at radius 2 is 1.94 bits per heavy atom. The number of nitrogens with zero attached hydrogens (tertiary/aromatic N) is 1. The second-order valence-corrected chi connectivity index (χ2v) is 5.56. The van der Waals surface area contributed by atoms with Gasteiger partial charge in [-0.25, -0.2) is 0 Å². The van der Waals surface area contributed by atoms with Crippen LogP contribution in [0.4, 0.5) is 0 Å². The molecule has 1 aliphatic rings. The minimum atomic E-state index is 0.606. The summed E-state index contributed by atoms with van der Waals surface area (Å²) < 4.78 is 0. The van der Waals surface area contributed by atoms with Gasteiger partial charge >= 0.3 is 0 Å². The lowest BCUT2D eigenvalue weighted by molar-refractivity contribution is 0.138. The highest BCUT2D eigenvalue weighted by Gasteiger charge is 2.23. The van der Waals surface area contributed by atoms with Crippen LogP contribution in [0.1, 0.15) is 59.8 Å². The van der Waals surface area contributed by atoms with E-state index < -0.39 is 0 Å². The highest BCUT2D eigenvalue weighted by atomic mass is 15.2. The molecule has 1 rings (SSSR count). The highest BCUT2D eigenvalue weighted by Crippen LogP contribution is 2.21. The lowest BCUT2D eigenvalue weighted by Gasteiger charge is -2.35. The van der Waals surface area contributed by atoms with E-state index in [4.69, 9.17) is 0 Å². The Morgan fingerprint density at radius 3 is 2.56 bits per heavy atom. The molecule has 0 aromatic carbocycles. The Labute approximate surface area is 102 Å². The van der Waals surface area contributed by atoms with Crippen molar-refractivity contribution in [3.05, 3.63) is 0 Å². The SMILES string of the molecule is CCC1CCCCCN1C(C)CNC(C)C. The molecule has 0 amide bonds. The van der Waals surface area contributed by atoms with E-state index in [1.807, 2.05) is 0 Å². The Morgan fingerprint density at radius 1 is 1.19 bits per heavy atom. The summed E-state index contributed by atoms with van der Waals surface area (Å²) in [5.41, 5.74) is 0. The molecule has 2 unspecified atom stereocenters. The molecule has 0 radical (unpaired) electrons. The first-order valence-electron chi connectivity index (χ1n) is 7.14. The molecule has 96 valence electrons. The maximum Gasteiger partial charge on any atom is 0.0195 e. The summed E-state index contributed by atoms with van der Waals surface area (Å²) >= 11 is 0. The largest absolute Gasteiger partial charge is 0.313 e. The third-order valence-electron chi connectivity index (χ3n) is 3.78. The smallest absolute Gasteiger partial charge is 0.0195 e. The molecule has 0 spiro atoms. The lowest BCUT2D eigenvalue weighted by Crippen LogP contribution is -2.47. The number of hydrogen-bond donors (Lipinski definition) is 1. The van der Waals surface area contributed by atoms with E-state index in [1.54, 1.807) is 0 Å². The van der Waals surface area contributed by atoms with Crippen molar-refractivity contribution >= 4 is 0 Å². The molecule has 1 aliphatic heterocycles. The molecule has 2 heteroatoms. The van der Waals surface area contributed by atoms with Gasteiger partial charge in [0.15, 0.2) is 0 Å². The van der Waals surface area contributed by atoms with Gasteiger partial charge < -0.3 is 5.32 Å². The Hall–Kier alpha value is -0.0800. The van der Waals surface area contributed by atoms with Gasteiger partial charge in [-0.15, -0.1) is 0 Å². The summed E-state index contributed by atoms with van der Waals surface area (Å²) in [4.78, 5) is 2.74. The maximum atomic E-state index is 3.57. The Bertz CT molecular complexity index is 180. The van der Waals surface area contributed by atoms with Crippen LogP contribution in [0.5, 0.6) is 0 Å². The Balaban J connectivity index is 2.45. The second-order valence-electron chi connectivity index (χ2n) is 5.56. The van der Waals surface area contributed by atoms with Crippen LogP contribution in [-0.4, -0.2) is 36.1 Å². The highest BCUT2D eigenvalue weighted by molar-refractivity contribution is 4.80. The predicted molar refractivity (Wildman–Crippen MR) is 71.9 cm³/mol. The van der Waals surface area contributed by atoms with Gasteiger partial charge in [0.1, 0.15) is 0 Å². The van der Waals surface area contributed by atoms with Crippen molar-refractivity contribution in [2.45, 2.75) is 77.9 Å². The maximum absolute atomic E-state index is 3.57. The van der Waals surface area contributed by atoms with Crippen molar-refractivity contribution in [1.29, 1.82) is 0 Å². The number of hydrogen-bond acceptors (Lipinski definition) is 2. The molecule has 0 saturated carbocycles. The second kappa shape index (κ2) is 7.29. The lowest BCUT2D eigenvalue weighted by atomic mass is 10.1. The zero-order valence-electron chi connectivity index (χ0n) is 11.6. The minimum absolute atomic E-state index is 0.606. The molecule has 16 heavy (non-hydrogen) atoms. The first-order chi connectivity index (χ1) is 7.65. The standard InChI is InChI=1S/C14H30N2/c1-5-14-9-7-6-8-10-16(14)13(4)11-15-12(2)3/h12-15H,5-11H2,1-4H3. The normalized spacial score (nSPS) is 25.7. The molecule has 1 saturated heterocycles. The van der Waals surface area contributed by atoms with Gasteiger partial charge in [0.25, 0.3) is 0 Å². The zero-order chi connectivity index (χ0) is 12.0. The molecule has 1 heterocycles. The molecule has 1 fully saturated rings. The van der Waals surface area contributed by atoms with Crippen LogP contribution < -0.4 is 5.32 Å². The molecule has 2 nitrogen and oxygen atoms in total. The van der Waals surface area contributed by atoms with Crippen LogP contribution in [0, 0.1) is 0 Å². The van der Waals surface area contributed by atoms with Crippen molar-refractivity contribution in [1.82, 2.24) is 10.2 Å². The van der Waals surface area contributed by atoms with Crippen molar-refractivity contribution in [2.24, 2.45) is 0 Å². The Kier molecular flexibility index (Phi) is 6.37. The van der Waals surface area contributed by atoms with E-state index in [0.29, 0.717) is 12.1 Å². The molecule has 2 atom stereocenters. The molecule has 1 N–H and O–H groups in total. The zero-order valence-corrected chi connectivity index (χ0v) is 11.6. The van der Waals surface area contributed by atoms with Crippen LogP contribution in [0.25, 0.3) is 0 Å². The van der Waals surface area contributed by atoms with Crippen molar-refractivity contribution in [3.63, 3.8) is 0 Å². The summed E-state index contributed by atoms with van der Waals surface area (Å²) in [5, 5.41) is 3.57. The van der Waals surface area contributed by atoms with Crippen LogP contribution in [-0.2, 0) is 0 Å². The predicted octanol–water partition coefficient (Wildman–Crippen LogP) is 3.03. The van der Waals surface area contributed by atoms with Gasteiger partial charge in [0.05, 0.1) is 0 Å². The quantitative estimate of drug-likeness (QED) is 0.775. The van der Waals surface area contributed by atoms with Crippen molar-refractivity contribution < 1.29 is 0 Å². The molecule has 0 bridgehead atoms. The van der Waals surface area contributed by atoms with Gasteiger partial charge in [-0.3, -0.25) is 4.90 Å². The molecule has 0 aromatic rings. The topological polar surface area (TPSA) is 15.3 Å². The van der Waals surface area contributed by atoms with Crippen molar-refractivity contribution in [2.75, 3.05) is 13.1 Å². The van der Waals surface area contributed by atoms with E-state index in [0.717, 1.165) is 12.6 Å². The average Bonchev–Trinajstić information content (AvgIpc) is 2.50. The van der Waals surface area contributed by atoms with Crippen LogP contribution in [0.2, 0.25) is 0 Å². The number of nitrogens with one attached hydrogen (secondary N) is 1. The third-order valence-corrected chi connectivity index (χ3v) is 3.78. The minimum Gasteiger partial charge on any atom is -0.313 e. The molecule has 0 aromatic heterocycles. The van der Waals surface area contributed by atoms with Gasteiger partial charge in [-0.2, -0.15) is 0 Å². The first kappa shape index (κ1) is 14.0. The fourth-order valence-electron chi connectivity index (χ4n) is 2.74. The van der Waals surface area contributed by atoms with Gasteiger partial charge in [0, 0.05) is 24.7 Å². The fraction of sp³-hybridized carbons (Fsp3) is 1.00. The van der Waals surface area contributed by atoms with E-state index >= 15 is 0 Å². The van der Waals surface area contributed by atoms with Crippen LogP contribution >= 0.6 is 0 Å². The van der Waals surface area contributed by atoms with E-state index in [2.05, 4.69) is 37.9 Å². The van der Waals surface area contributed by atoms with Gasteiger partial charge in [-0.1, -0.05) is 33.6 Å². The average molecular weight is 226 g/mol. The van der Waals surface area contributed by atoms with Crippen LogP contribution in [0.3, 0.4) is 0 Å². The summed E-state index contributed by atoms with van der Waals surface area (Å²) in [6.07, 6.45) is 6.97. The molecular formula is C14H30N2. The van der Waals surface area contributed by atoms with Crippen molar-refractivity contribution in [3.8, 4) is 0 Å². The summed E-state index contributed by atoms with van der Waals surface area (Å²) in [6, 6.07) is 2.12. The molecular weight excluding hydrogens is 196 g/mol. The summed E-state index contributed by atoms with van der Waals surface area (Å²) in [7, 11) is 0. The monoisotopic (exact) mass is 226 g/mol. The number of rotatable bonds is 5. The van der Waals surface area contributed by atoms with Gasteiger partial charge in [-0.05, 0) is 32.7 Å².